The van der Waals surface area contributed by atoms with E-state index in [4.69, 9.17) is 10.5 Å². The van der Waals surface area contributed by atoms with Crippen molar-refractivity contribution in [2.75, 3.05) is 45.9 Å². The molecule has 186 valence electrons. The van der Waals surface area contributed by atoms with Gasteiger partial charge in [-0.05, 0) is 62.1 Å². The van der Waals surface area contributed by atoms with Gasteiger partial charge in [0.25, 0.3) is 5.91 Å². The van der Waals surface area contributed by atoms with Gasteiger partial charge in [0.2, 0.25) is 0 Å². The van der Waals surface area contributed by atoms with Crippen LogP contribution in [0.25, 0.3) is 10.9 Å². The number of likely N-dealkylation sites (tertiary alicyclic amines) is 2. The van der Waals surface area contributed by atoms with E-state index in [1.807, 2.05) is 18.2 Å². The third-order valence-corrected chi connectivity index (χ3v) is 8.39. The summed E-state index contributed by atoms with van der Waals surface area (Å²) in [5.41, 5.74) is 7.48. The number of amides is 1. The third kappa shape index (κ3) is 4.97. The molecule has 1 saturated carbocycles. The van der Waals surface area contributed by atoms with E-state index in [0.717, 1.165) is 81.8 Å². The summed E-state index contributed by atoms with van der Waals surface area (Å²) in [6.45, 7) is 9.03. The fourth-order valence-electron chi connectivity index (χ4n) is 5.91. The van der Waals surface area contributed by atoms with Crippen LogP contribution >= 0.6 is 0 Å². The number of ether oxygens (including phenoxy) is 1. The normalized spacial score (nSPS) is 25.5. The minimum Gasteiger partial charge on any atom is -0.493 e. The van der Waals surface area contributed by atoms with Crippen molar-refractivity contribution in [3.05, 3.63) is 30.0 Å². The molecule has 7 nitrogen and oxygen atoms in total. The smallest absolute Gasteiger partial charge is 0.265 e. The van der Waals surface area contributed by atoms with Crippen LogP contribution in [0.4, 0.5) is 0 Å². The Morgan fingerprint density at radius 3 is 2.50 bits per heavy atom. The number of aromatic nitrogens is 1. The Morgan fingerprint density at radius 2 is 1.82 bits per heavy atom. The maximum Gasteiger partial charge on any atom is 0.265 e. The molecule has 5 rings (SSSR count). The fourth-order valence-corrected chi connectivity index (χ4v) is 5.91. The van der Waals surface area contributed by atoms with Crippen molar-refractivity contribution in [1.29, 1.82) is 0 Å². The first kappa shape index (κ1) is 23.6. The molecular weight excluding hydrogens is 428 g/mol. The van der Waals surface area contributed by atoms with Gasteiger partial charge in [-0.2, -0.15) is 0 Å². The maximum atomic E-state index is 12.4. The zero-order valence-corrected chi connectivity index (χ0v) is 20.5. The lowest BCUT2D eigenvalue weighted by atomic mass is 9.86. The summed E-state index contributed by atoms with van der Waals surface area (Å²) in [6.07, 6.45) is 6.55. The van der Waals surface area contributed by atoms with Crippen LogP contribution in [0.2, 0.25) is 0 Å². The minimum absolute atomic E-state index is 0.146. The molecule has 2 aliphatic heterocycles. The first-order valence-corrected chi connectivity index (χ1v) is 13.2. The molecule has 3 aliphatic rings. The molecule has 0 spiro atoms. The molecular formula is C27H40N4O3. The molecule has 7 heteroatoms. The van der Waals surface area contributed by atoms with Crippen molar-refractivity contribution in [2.24, 2.45) is 17.6 Å². The zero-order chi connectivity index (χ0) is 23.7. The van der Waals surface area contributed by atoms with Gasteiger partial charge in [0.05, 0.1) is 18.2 Å². The number of aliphatic hydroxyl groups is 1. The number of rotatable bonds is 8. The van der Waals surface area contributed by atoms with Crippen molar-refractivity contribution in [2.45, 2.75) is 57.6 Å². The number of nitrogens with zero attached hydrogens (tertiary/aromatic N) is 3. The van der Waals surface area contributed by atoms with Crippen LogP contribution in [0, 0.1) is 11.8 Å². The quantitative estimate of drug-likeness (QED) is 0.621. The van der Waals surface area contributed by atoms with Gasteiger partial charge in [-0.3, -0.25) is 4.79 Å². The van der Waals surface area contributed by atoms with Crippen LogP contribution in [0.15, 0.2) is 24.3 Å². The monoisotopic (exact) mass is 468 g/mol. The molecule has 2 aromatic rings. The Balaban J connectivity index is 1.24. The molecule has 0 radical (unpaired) electrons. The van der Waals surface area contributed by atoms with Crippen LogP contribution in [0.5, 0.6) is 5.75 Å². The van der Waals surface area contributed by atoms with E-state index in [0.29, 0.717) is 17.5 Å². The average Bonchev–Trinajstić information content (AvgIpc) is 3.20. The van der Waals surface area contributed by atoms with Gasteiger partial charge in [-0.15, -0.1) is 0 Å². The largest absolute Gasteiger partial charge is 0.493 e. The molecule has 3 N–H and O–H groups in total. The van der Waals surface area contributed by atoms with Crippen molar-refractivity contribution >= 4 is 16.8 Å². The van der Waals surface area contributed by atoms with Gasteiger partial charge in [-0.1, -0.05) is 19.4 Å². The second-order valence-electron chi connectivity index (χ2n) is 10.8. The van der Waals surface area contributed by atoms with Gasteiger partial charge >= 0.3 is 0 Å². The van der Waals surface area contributed by atoms with Crippen LogP contribution < -0.4 is 10.5 Å². The molecule has 1 amide bonds. The molecule has 2 saturated heterocycles. The number of hydrogen-bond donors (Lipinski definition) is 2. The Hall–Kier alpha value is -2.09. The summed E-state index contributed by atoms with van der Waals surface area (Å²) in [5.74, 6) is 1.51. The second-order valence-corrected chi connectivity index (χ2v) is 10.8. The lowest BCUT2D eigenvalue weighted by molar-refractivity contribution is 0.0299. The Labute approximate surface area is 202 Å². The number of nitrogens with two attached hydrogens (primary N) is 1. The second kappa shape index (κ2) is 10.3. The van der Waals surface area contributed by atoms with Crippen molar-refractivity contribution < 1.29 is 14.6 Å². The van der Waals surface area contributed by atoms with Crippen molar-refractivity contribution in [3.63, 3.8) is 0 Å². The summed E-state index contributed by atoms with van der Waals surface area (Å²) in [6, 6.07) is 8.34. The fraction of sp³-hybridized carbons (Fsp3) is 0.667. The summed E-state index contributed by atoms with van der Waals surface area (Å²) in [7, 11) is 0. The van der Waals surface area contributed by atoms with Crippen molar-refractivity contribution in [1.82, 2.24) is 14.4 Å². The van der Waals surface area contributed by atoms with Crippen LogP contribution in [0.3, 0.4) is 0 Å². The summed E-state index contributed by atoms with van der Waals surface area (Å²) in [4.78, 5) is 17.4. The van der Waals surface area contributed by atoms with Crippen LogP contribution in [-0.4, -0.2) is 77.4 Å². The number of aliphatic hydroxyl groups excluding tert-OH is 1. The predicted molar refractivity (Wildman–Crippen MR) is 134 cm³/mol. The third-order valence-electron chi connectivity index (χ3n) is 8.39. The summed E-state index contributed by atoms with van der Waals surface area (Å²) < 4.78 is 8.36. The molecule has 0 unspecified atom stereocenters. The number of piperidine rings is 2. The molecule has 2 atom stereocenters. The molecule has 3 fully saturated rings. The number of fused-ring (bicyclic) bond motifs is 1. The van der Waals surface area contributed by atoms with Crippen LogP contribution in [-0.2, 0) is 0 Å². The van der Waals surface area contributed by atoms with Gasteiger partial charge < -0.3 is 29.9 Å². The Morgan fingerprint density at radius 1 is 1.09 bits per heavy atom. The molecule has 1 aromatic carbocycles. The van der Waals surface area contributed by atoms with Gasteiger partial charge in [0, 0.05) is 50.7 Å². The first-order valence-electron chi connectivity index (χ1n) is 13.2. The van der Waals surface area contributed by atoms with E-state index in [-0.39, 0.29) is 18.1 Å². The van der Waals surface area contributed by atoms with E-state index in [1.54, 1.807) is 0 Å². The minimum atomic E-state index is -0.370. The molecule has 34 heavy (non-hydrogen) atoms. The number of primary amides is 1. The van der Waals surface area contributed by atoms with Crippen molar-refractivity contribution in [3.8, 4) is 5.75 Å². The molecule has 3 heterocycles. The lowest BCUT2D eigenvalue weighted by Gasteiger charge is -2.37. The first-order chi connectivity index (χ1) is 16.5. The number of benzene rings is 1. The van der Waals surface area contributed by atoms with E-state index in [9.17, 15) is 9.90 Å². The van der Waals surface area contributed by atoms with E-state index in [2.05, 4.69) is 27.4 Å². The maximum absolute atomic E-state index is 12.4. The molecule has 1 aromatic heterocycles. The Kier molecular flexibility index (Phi) is 7.14. The predicted octanol–water partition coefficient (Wildman–Crippen LogP) is 3.26. The highest BCUT2D eigenvalue weighted by Crippen LogP contribution is 2.36. The standard InChI is InChI=1S/C27H40N4O3/c1-19-17-30(13-10-25(19)32)15-14-29-11-8-21(9-12-29)31-23-6-3-7-26(34-18-20-4-2-5-20)22(23)16-24(31)27(28)33/h3,6-7,16,19-21,25,32H,2,4-5,8-15,17-18H2,1H3,(H2,28,33)/t19-,25-/m0/s1. The zero-order valence-electron chi connectivity index (χ0n) is 20.5. The topological polar surface area (TPSA) is 84.0 Å². The SMILES string of the molecule is C[C@H]1CN(CCN2CCC(n3c(C(N)=O)cc4c(OCC5CCC5)cccc43)CC2)CC[C@@H]1O. The number of carbonyl (C=O) groups excluding carboxylic acids is 1. The number of hydrogen-bond acceptors (Lipinski definition) is 5. The molecule has 0 bridgehead atoms. The number of carbonyl (C=O) groups is 1. The highest BCUT2D eigenvalue weighted by molar-refractivity contribution is 5.99. The van der Waals surface area contributed by atoms with Gasteiger partial charge in [-0.25, -0.2) is 0 Å². The molecule has 1 aliphatic carbocycles. The van der Waals surface area contributed by atoms with Gasteiger partial charge in [0.1, 0.15) is 11.4 Å². The average molecular weight is 469 g/mol. The van der Waals surface area contributed by atoms with Crippen LogP contribution in [0.1, 0.15) is 62.0 Å². The highest BCUT2D eigenvalue weighted by atomic mass is 16.5. The van der Waals surface area contributed by atoms with Gasteiger partial charge in [0.15, 0.2) is 0 Å². The lowest BCUT2D eigenvalue weighted by Crippen LogP contribution is -2.46. The summed E-state index contributed by atoms with van der Waals surface area (Å²) >= 11 is 0. The highest BCUT2D eigenvalue weighted by Gasteiger charge is 2.28. The van der Waals surface area contributed by atoms with E-state index >= 15 is 0 Å². The van der Waals surface area contributed by atoms with E-state index < -0.39 is 0 Å². The Bertz CT molecular complexity index is 993. The van der Waals surface area contributed by atoms with E-state index in [1.165, 1.54) is 19.3 Å². The summed E-state index contributed by atoms with van der Waals surface area (Å²) in [5, 5.41) is 11.0.